The molecule has 0 aromatic carbocycles. The van der Waals surface area contributed by atoms with Gasteiger partial charge < -0.3 is 0 Å². The van der Waals surface area contributed by atoms with Gasteiger partial charge in [0, 0.05) is 0 Å². The van der Waals surface area contributed by atoms with Gasteiger partial charge in [-0.1, -0.05) is 51.2 Å². The van der Waals surface area contributed by atoms with Gasteiger partial charge in [0.1, 0.15) is 0 Å². The van der Waals surface area contributed by atoms with Gasteiger partial charge in [-0.25, -0.2) is 0 Å². The number of allylic oxidation sites excluding steroid dienone is 8. The standard InChI is InChI=1S/C15H20/c1-11(2)15(4)10-9-13-12(3)7-5-6-8-14(13)15/h5-9,11H,10H2,1-4H3. The Kier molecular flexibility index (Phi) is 2.46. The Bertz CT molecular complexity index is 388. The average Bonchev–Trinajstić information content (AvgIpc) is 2.40. The van der Waals surface area contributed by atoms with Crippen LogP contribution in [0.3, 0.4) is 0 Å². The summed E-state index contributed by atoms with van der Waals surface area (Å²) in [5, 5.41) is 0. The second-order valence-corrected chi connectivity index (χ2v) is 5.21. The normalized spacial score (nSPS) is 29.5. The fraction of sp³-hybridized carbons (Fsp3) is 0.467. The molecule has 0 aliphatic heterocycles. The highest BCUT2D eigenvalue weighted by atomic mass is 14.4. The summed E-state index contributed by atoms with van der Waals surface area (Å²) in [5.74, 6) is 0.691. The highest BCUT2D eigenvalue weighted by molar-refractivity contribution is 5.56. The minimum Gasteiger partial charge on any atom is -0.0758 e. The summed E-state index contributed by atoms with van der Waals surface area (Å²) >= 11 is 0. The van der Waals surface area contributed by atoms with Gasteiger partial charge in [-0.05, 0) is 41.4 Å². The van der Waals surface area contributed by atoms with Gasteiger partial charge in [0.2, 0.25) is 0 Å². The quantitative estimate of drug-likeness (QED) is 0.587. The van der Waals surface area contributed by atoms with Crippen LogP contribution in [-0.2, 0) is 0 Å². The van der Waals surface area contributed by atoms with Gasteiger partial charge in [-0.3, -0.25) is 0 Å². The monoisotopic (exact) mass is 200 g/mol. The molecular formula is C15H20. The van der Waals surface area contributed by atoms with Crippen molar-refractivity contribution in [2.75, 3.05) is 0 Å². The smallest absolute Gasteiger partial charge is 0.00116 e. The lowest BCUT2D eigenvalue weighted by Crippen LogP contribution is -2.22. The SMILES string of the molecule is CC1=CC=CC=C2C1=CCC2(C)C(C)C. The van der Waals surface area contributed by atoms with E-state index in [9.17, 15) is 0 Å². The zero-order valence-corrected chi connectivity index (χ0v) is 10.2. The topological polar surface area (TPSA) is 0 Å². The number of hydrogen-bond acceptors (Lipinski definition) is 0. The molecule has 2 aliphatic rings. The van der Waals surface area contributed by atoms with Gasteiger partial charge in [0.25, 0.3) is 0 Å². The first-order valence-electron chi connectivity index (χ1n) is 5.82. The van der Waals surface area contributed by atoms with Crippen LogP contribution in [0.5, 0.6) is 0 Å². The summed E-state index contributed by atoms with van der Waals surface area (Å²) < 4.78 is 0. The first-order valence-corrected chi connectivity index (χ1v) is 5.82. The van der Waals surface area contributed by atoms with E-state index in [0.29, 0.717) is 11.3 Å². The van der Waals surface area contributed by atoms with Crippen LogP contribution >= 0.6 is 0 Å². The van der Waals surface area contributed by atoms with Crippen LogP contribution in [0, 0.1) is 11.3 Å². The van der Waals surface area contributed by atoms with Crippen molar-refractivity contribution in [3.8, 4) is 0 Å². The molecule has 80 valence electrons. The third-order valence-electron chi connectivity index (χ3n) is 4.06. The maximum atomic E-state index is 2.41. The lowest BCUT2D eigenvalue weighted by molar-refractivity contribution is 0.296. The van der Waals surface area contributed by atoms with Crippen LogP contribution in [0.1, 0.15) is 34.1 Å². The molecule has 0 saturated heterocycles. The molecule has 0 amide bonds. The second kappa shape index (κ2) is 3.52. The molecule has 0 N–H and O–H groups in total. The predicted octanol–water partition coefficient (Wildman–Crippen LogP) is 4.42. The van der Waals surface area contributed by atoms with E-state index < -0.39 is 0 Å². The Morgan fingerprint density at radius 2 is 1.87 bits per heavy atom. The molecule has 0 aromatic heterocycles. The third-order valence-corrected chi connectivity index (χ3v) is 4.06. The van der Waals surface area contributed by atoms with Gasteiger partial charge in [-0.15, -0.1) is 0 Å². The molecule has 2 aliphatic carbocycles. The first kappa shape index (κ1) is 10.5. The van der Waals surface area contributed by atoms with Crippen LogP contribution in [0.25, 0.3) is 0 Å². The van der Waals surface area contributed by atoms with E-state index in [1.54, 1.807) is 0 Å². The molecule has 0 spiro atoms. The molecule has 0 heterocycles. The average molecular weight is 200 g/mol. The van der Waals surface area contributed by atoms with Gasteiger partial charge in [-0.2, -0.15) is 0 Å². The predicted molar refractivity (Wildman–Crippen MR) is 66.6 cm³/mol. The molecule has 2 rings (SSSR count). The Hall–Kier alpha value is -1.04. The minimum atomic E-state index is 0.332. The Morgan fingerprint density at radius 3 is 2.53 bits per heavy atom. The lowest BCUT2D eigenvalue weighted by Gasteiger charge is -2.32. The van der Waals surface area contributed by atoms with Crippen molar-refractivity contribution in [3.63, 3.8) is 0 Å². The summed E-state index contributed by atoms with van der Waals surface area (Å²) in [4.78, 5) is 0. The molecule has 15 heavy (non-hydrogen) atoms. The zero-order valence-electron chi connectivity index (χ0n) is 10.2. The molecule has 0 heteroatoms. The summed E-state index contributed by atoms with van der Waals surface area (Å²) in [6, 6.07) is 0. The zero-order chi connectivity index (χ0) is 11.1. The van der Waals surface area contributed by atoms with Crippen LogP contribution in [0.15, 0.2) is 47.1 Å². The molecular weight excluding hydrogens is 180 g/mol. The minimum absolute atomic E-state index is 0.332. The van der Waals surface area contributed by atoms with Crippen molar-refractivity contribution in [1.29, 1.82) is 0 Å². The maximum Gasteiger partial charge on any atom is -0.00116 e. The van der Waals surface area contributed by atoms with Crippen molar-refractivity contribution in [2.45, 2.75) is 34.1 Å². The van der Waals surface area contributed by atoms with Gasteiger partial charge in [0.15, 0.2) is 0 Å². The van der Waals surface area contributed by atoms with E-state index >= 15 is 0 Å². The fourth-order valence-electron chi connectivity index (χ4n) is 2.48. The van der Waals surface area contributed by atoms with Crippen LogP contribution < -0.4 is 0 Å². The van der Waals surface area contributed by atoms with E-state index in [1.165, 1.54) is 23.1 Å². The summed E-state index contributed by atoms with van der Waals surface area (Å²) in [6.45, 7) is 9.25. The Morgan fingerprint density at radius 1 is 1.20 bits per heavy atom. The van der Waals surface area contributed by atoms with Crippen molar-refractivity contribution in [2.24, 2.45) is 11.3 Å². The second-order valence-electron chi connectivity index (χ2n) is 5.21. The summed E-state index contributed by atoms with van der Waals surface area (Å²) in [6.07, 6.45) is 12.4. The van der Waals surface area contributed by atoms with E-state index in [-0.39, 0.29) is 0 Å². The Labute approximate surface area is 93.1 Å². The number of hydrogen-bond donors (Lipinski definition) is 0. The van der Waals surface area contributed by atoms with Crippen molar-refractivity contribution in [1.82, 2.24) is 0 Å². The molecule has 0 saturated carbocycles. The molecule has 0 nitrogen and oxygen atoms in total. The van der Waals surface area contributed by atoms with Crippen molar-refractivity contribution >= 4 is 0 Å². The number of fused-ring (bicyclic) bond motifs is 1. The highest BCUT2D eigenvalue weighted by Gasteiger charge is 2.37. The third kappa shape index (κ3) is 1.52. The molecule has 1 atom stereocenters. The van der Waals surface area contributed by atoms with Gasteiger partial charge >= 0.3 is 0 Å². The summed E-state index contributed by atoms with van der Waals surface area (Å²) in [5.41, 5.74) is 4.73. The van der Waals surface area contributed by atoms with E-state index in [0.717, 1.165) is 0 Å². The molecule has 0 radical (unpaired) electrons. The molecule has 0 aromatic rings. The van der Waals surface area contributed by atoms with Gasteiger partial charge in [0.05, 0.1) is 0 Å². The molecule has 0 bridgehead atoms. The first-order chi connectivity index (χ1) is 7.05. The van der Waals surface area contributed by atoms with E-state index in [4.69, 9.17) is 0 Å². The van der Waals surface area contributed by atoms with Crippen molar-refractivity contribution < 1.29 is 0 Å². The molecule has 1 unspecified atom stereocenters. The Balaban J connectivity index is 2.47. The van der Waals surface area contributed by atoms with Crippen LogP contribution in [0.2, 0.25) is 0 Å². The number of rotatable bonds is 1. The highest BCUT2D eigenvalue weighted by Crippen LogP contribution is 2.49. The fourth-order valence-corrected chi connectivity index (χ4v) is 2.48. The van der Waals surface area contributed by atoms with E-state index in [1.807, 2.05) is 0 Å². The summed E-state index contributed by atoms with van der Waals surface area (Å²) in [7, 11) is 0. The van der Waals surface area contributed by atoms with Crippen LogP contribution in [0.4, 0.5) is 0 Å². The maximum absolute atomic E-state index is 2.41. The van der Waals surface area contributed by atoms with E-state index in [2.05, 4.69) is 58.1 Å². The van der Waals surface area contributed by atoms with Crippen molar-refractivity contribution in [3.05, 3.63) is 47.1 Å². The molecule has 0 fully saturated rings. The van der Waals surface area contributed by atoms with Crippen LogP contribution in [-0.4, -0.2) is 0 Å². The lowest BCUT2D eigenvalue weighted by atomic mass is 9.72. The largest absolute Gasteiger partial charge is 0.0758 e.